The van der Waals surface area contributed by atoms with Gasteiger partial charge in [0.25, 0.3) is 5.91 Å². The lowest BCUT2D eigenvalue weighted by molar-refractivity contribution is -0.130. The minimum atomic E-state index is -1.13. The molecule has 0 unspecified atom stereocenters. The highest BCUT2D eigenvalue weighted by molar-refractivity contribution is 6.16. The monoisotopic (exact) mass is 553 g/mol. The van der Waals surface area contributed by atoms with Crippen molar-refractivity contribution in [2.24, 2.45) is 4.99 Å². The molecule has 1 N–H and O–H groups in total. The van der Waals surface area contributed by atoms with E-state index in [2.05, 4.69) is 45.3 Å². The number of fused-ring (bicyclic) bond motifs is 1. The van der Waals surface area contributed by atoms with Crippen LogP contribution in [0.15, 0.2) is 121 Å². The van der Waals surface area contributed by atoms with E-state index in [9.17, 15) is 4.79 Å². The first-order chi connectivity index (χ1) is 20.7. The van der Waals surface area contributed by atoms with Crippen molar-refractivity contribution >= 4 is 22.6 Å². The predicted molar refractivity (Wildman–Crippen MR) is 167 cm³/mol. The lowest BCUT2D eigenvalue weighted by Crippen LogP contribution is -2.43. The van der Waals surface area contributed by atoms with Crippen LogP contribution in [0.2, 0.25) is 0 Å². The molecular formula is C36H35N5O. The van der Waals surface area contributed by atoms with Crippen molar-refractivity contribution in [2.75, 3.05) is 26.2 Å². The number of aliphatic imine (C=N–C) groups is 1. The van der Waals surface area contributed by atoms with Gasteiger partial charge < -0.3 is 9.88 Å². The van der Waals surface area contributed by atoms with Gasteiger partial charge in [-0.25, -0.2) is 4.99 Å². The Morgan fingerprint density at radius 1 is 0.786 bits per heavy atom. The molecule has 0 bridgehead atoms. The Labute approximate surface area is 246 Å². The van der Waals surface area contributed by atoms with E-state index >= 15 is 0 Å². The summed E-state index contributed by atoms with van der Waals surface area (Å²) >= 11 is 0. The number of para-hydroxylation sites is 1. The number of hydrogen-bond donors (Lipinski definition) is 1. The fourth-order valence-electron chi connectivity index (χ4n) is 6.71. The number of nitrogens with zero attached hydrogens (tertiary/aromatic N) is 4. The number of carbonyl (C=O) groups is 1. The van der Waals surface area contributed by atoms with Crippen LogP contribution in [0, 0.1) is 0 Å². The van der Waals surface area contributed by atoms with E-state index in [1.54, 1.807) is 6.20 Å². The highest BCUT2D eigenvalue weighted by atomic mass is 16.2. The molecule has 5 aromatic rings. The van der Waals surface area contributed by atoms with E-state index in [0.29, 0.717) is 18.3 Å². The average molecular weight is 554 g/mol. The Morgan fingerprint density at radius 3 is 2.14 bits per heavy atom. The minimum absolute atomic E-state index is 0.0152. The zero-order valence-corrected chi connectivity index (χ0v) is 23.7. The number of aromatic nitrogens is 2. The van der Waals surface area contributed by atoms with Gasteiger partial charge in [0.2, 0.25) is 0 Å². The number of amidine groups is 1. The third-order valence-electron chi connectivity index (χ3n) is 8.87. The number of amides is 1. The molecule has 0 atom stereocenters. The van der Waals surface area contributed by atoms with Gasteiger partial charge in [0.1, 0.15) is 5.69 Å². The molecule has 1 saturated heterocycles. The second kappa shape index (κ2) is 11.4. The highest BCUT2D eigenvalue weighted by Crippen LogP contribution is 2.41. The predicted octanol–water partition coefficient (Wildman–Crippen LogP) is 6.37. The van der Waals surface area contributed by atoms with Crippen LogP contribution >= 0.6 is 0 Å². The van der Waals surface area contributed by atoms with Gasteiger partial charge in [-0.2, -0.15) is 0 Å². The summed E-state index contributed by atoms with van der Waals surface area (Å²) in [5.41, 5.74) is 4.00. The first-order valence-electron chi connectivity index (χ1n) is 15.0. The van der Waals surface area contributed by atoms with Gasteiger partial charge in [-0.1, -0.05) is 84.9 Å². The number of piperidine rings is 1. The van der Waals surface area contributed by atoms with Gasteiger partial charge in [-0.05, 0) is 79.7 Å². The number of pyridine rings is 1. The van der Waals surface area contributed by atoms with Gasteiger partial charge in [-0.15, -0.1) is 0 Å². The number of hydrogen-bond acceptors (Lipinski definition) is 4. The maximum absolute atomic E-state index is 14.5. The zero-order valence-electron chi connectivity index (χ0n) is 23.7. The first kappa shape index (κ1) is 26.4. The highest BCUT2D eigenvalue weighted by Gasteiger charge is 2.51. The van der Waals surface area contributed by atoms with Crippen LogP contribution in [0.4, 0.5) is 0 Å². The molecule has 42 heavy (non-hydrogen) atoms. The smallest absolute Gasteiger partial charge is 0.265 e. The summed E-state index contributed by atoms with van der Waals surface area (Å²) in [6.07, 6.45) is 7.14. The third kappa shape index (κ3) is 4.72. The largest absolute Gasteiger partial charge is 0.361 e. The lowest BCUT2D eigenvalue weighted by Gasteiger charge is -2.32. The van der Waals surface area contributed by atoms with Crippen LogP contribution in [0.25, 0.3) is 10.9 Å². The molecule has 0 aliphatic carbocycles. The molecule has 1 fully saturated rings. The van der Waals surface area contributed by atoms with Gasteiger partial charge in [0.05, 0.1) is 0 Å². The number of likely N-dealkylation sites (tertiary alicyclic amines) is 1. The van der Waals surface area contributed by atoms with E-state index in [1.807, 2.05) is 83.8 Å². The van der Waals surface area contributed by atoms with E-state index in [1.165, 1.54) is 16.5 Å². The fourth-order valence-corrected chi connectivity index (χ4v) is 6.71. The van der Waals surface area contributed by atoms with Crippen LogP contribution in [0.5, 0.6) is 0 Å². The first-order valence-corrected chi connectivity index (χ1v) is 15.0. The van der Waals surface area contributed by atoms with Crippen LogP contribution in [-0.2, 0) is 10.3 Å². The molecule has 4 heterocycles. The Balaban J connectivity index is 1.10. The van der Waals surface area contributed by atoms with Crippen molar-refractivity contribution in [1.29, 1.82) is 0 Å². The van der Waals surface area contributed by atoms with Crippen molar-refractivity contribution in [3.8, 4) is 0 Å². The molecule has 1 amide bonds. The topological polar surface area (TPSA) is 64.6 Å². The molecule has 3 aromatic carbocycles. The van der Waals surface area contributed by atoms with Gasteiger partial charge in [-0.3, -0.25) is 14.7 Å². The van der Waals surface area contributed by atoms with Crippen molar-refractivity contribution < 1.29 is 4.79 Å². The standard InChI is InChI=1S/C36H35N5O/c42-35-36(28-12-3-1-4-13-28,29-14-5-2-6-15-29)39-34(33-18-9-10-21-37-33)41(35)23-11-22-40-24-19-27(20-25-40)31-26-38-32-17-8-7-16-30(31)32/h1-10,12-18,21,26-27,38H,11,19-20,22-25H2. The van der Waals surface area contributed by atoms with Crippen LogP contribution < -0.4 is 0 Å². The quantitative estimate of drug-likeness (QED) is 0.243. The summed E-state index contributed by atoms with van der Waals surface area (Å²) in [5.74, 6) is 1.21. The number of nitrogens with one attached hydrogen (secondary N) is 1. The van der Waals surface area contributed by atoms with Gasteiger partial charge >= 0.3 is 0 Å². The van der Waals surface area contributed by atoms with Gasteiger partial charge in [0, 0.05) is 29.8 Å². The summed E-state index contributed by atoms with van der Waals surface area (Å²) in [4.78, 5) is 32.3. The van der Waals surface area contributed by atoms with Crippen molar-refractivity contribution in [3.05, 3.63) is 138 Å². The maximum atomic E-state index is 14.5. The molecule has 0 radical (unpaired) electrons. The molecule has 6 heteroatoms. The number of H-pyrrole nitrogens is 1. The van der Waals surface area contributed by atoms with Crippen molar-refractivity contribution in [2.45, 2.75) is 30.7 Å². The van der Waals surface area contributed by atoms with E-state index in [-0.39, 0.29) is 5.91 Å². The molecule has 7 rings (SSSR count). The van der Waals surface area contributed by atoms with Crippen molar-refractivity contribution in [3.63, 3.8) is 0 Å². The Hall–Kier alpha value is -4.55. The Bertz CT molecular complexity index is 1650. The number of aromatic amines is 1. The lowest BCUT2D eigenvalue weighted by atomic mass is 9.83. The van der Waals surface area contributed by atoms with E-state index in [4.69, 9.17) is 4.99 Å². The van der Waals surface area contributed by atoms with Crippen LogP contribution in [-0.4, -0.2) is 57.7 Å². The second-order valence-corrected chi connectivity index (χ2v) is 11.3. The van der Waals surface area contributed by atoms with Crippen LogP contribution in [0.1, 0.15) is 47.6 Å². The SMILES string of the molecule is O=C1N(CCCN2CCC(c3c[nH]c4ccccc34)CC2)C(c2ccccn2)=NC1(c1ccccc1)c1ccccc1. The summed E-state index contributed by atoms with van der Waals surface area (Å²) in [7, 11) is 0. The minimum Gasteiger partial charge on any atom is -0.361 e. The number of carbonyl (C=O) groups excluding carboxylic acids is 1. The second-order valence-electron chi connectivity index (χ2n) is 11.3. The normalized spacial score (nSPS) is 17.6. The average Bonchev–Trinajstić information content (AvgIpc) is 3.62. The Morgan fingerprint density at radius 2 is 1.45 bits per heavy atom. The zero-order chi connectivity index (χ0) is 28.4. The molecular weight excluding hydrogens is 518 g/mol. The molecule has 210 valence electrons. The van der Waals surface area contributed by atoms with Gasteiger partial charge in [0.15, 0.2) is 11.4 Å². The summed E-state index contributed by atoms with van der Waals surface area (Å²) in [6.45, 7) is 3.68. The molecule has 0 saturated carbocycles. The fraction of sp³-hybridized carbons (Fsp3) is 0.250. The third-order valence-corrected chi connectivity index (χ3v) is 8.87. The molecule has 2 aromatic heterocycles. The van der Waals surface area contributed by atoms with E-state index in [0.717, 1.165) is 55.7 Å². The summed E-state index contributed by atoms with van der Waals surface area (Å²) in [6, 6.07) is 34.3. The van der Waals surface area contributed by atoms with Crippen molar-refractivity contribution in [1.82, 2.24) is 19.8 Å². The molecule has 6 nitrogen and oxygen atoms in total. The number of benzene rings is 3. The molecule has 2 aliphatic heterocycles. The summed E-state index contributed by atoms with van der Waals surface area (Å²) < 4.78 is 0. The van der Waals surface area contributed by atoms with E-state index < -0.39 is 5.54 Å². The Kier molecular flexibility index (Phi) is 7.14. The number of rotatable bonds is 8. The summed E-state index contributed by atoms with van der Waals surface area (Å²) in [5, 5.41) is 1.35. The maximum Gasteiger partial charge on any atom is 0.265 e. The molecule has 2 aliphatic rings. The molecule has 0 spiro atoms. The van der Waals surface area contributed by atoms with Crippen LogP contribution in [0.3, 0.4) is 0 Å².